The minimum absolute atomic E-state index is 0.0465. The van der Waals surface area contributed by atoms with E-state index in [4.69, 9.17) is 11.6 Å². The minimum Gasteiger partial charge on any atom is -0.371 e. The fourth-order valence-corrected chi connectivity index (χ4v) is 7.84. The molecule has 0 saturated carbocycles. The number of para-hydroxylation sites is 1. The van der Waals surface area contributed by atoms with Crippen LogP contribution >= 0.6 is 11.6 Å². The van der Waals surface area contributed by atoms with Crippen LogP contribution in [-0.4, -0.2) is 46.1 Å². The molecular weight excluding hydrogens is 576 g/mol. The predicted molar refractivity (Wildman–Crippen MR) is 176 cm³/mol. The van der Waals surface area contributed by atoms with Gasteiger partial charge in [-0.3, -0.25) is 10.1 Å². The quantitative estimate of drug-likeness (QED) is 0.278. The van der Waals surface area contributed by atoms with Crippen LogP contribution in [0.5, 0.6) is 0 Å². The van der Waals surface area contributed by atoms with Crippen molar-refractivity contribution in [2.24, 2.45) is 0 Å². The van der Waals surface area contributed by atoms with Gasteiger partial charge in [0.05, 0.1) is 0 Å². The third kappa shape index (κ3) is 7.76. The Morgan fingerprint density at radius 3 is 2.47 bits per heavy atom. The van der Waals surface area contributed by atoms with Gasteiger partial charge in [0.25, 0.3) is 0 Å². The van der Waals surface area contributed by atoms with E-state index in [1.54, 1.807) is 0 Å². The maximum atomic E-state index is 13.6. The Hall–Kier alpha value is -2.97. The first-order valence-electron chi connectivity index (χ1n) is 15.5. The number of anilines is 1. The Morgan fingerprint density at radius 2 is 1.70 bits per heavy atom. The van der Waals surface area contributed by atoms with Gasteiger partial charge < -0.3 is 9.80 Å². The molecule has 1 unspecified atom stereocenters. The van der Waals surface area contributed by atoms with E-state index in [9.17, 15) is 9.00 Å². The van der Waals surface area contributed by atoms with Crippen LogP contribution in [0.4, 0.5) is 5.69 Å². The van der Waals surface area contributed by atoms with Crippen molar-refractivity contribution in [2.45, 2.75) is 69.5 Å². The van der Waals surface area contributed by atoms with E-state index in [0.29, 0.717) is 13.0 Å². The van der Waals surface area contributed by atoms with Crippen molar-refractivity contribution in [2.75, 3.05) is 24.5 Å². The molecule has 0 aliphatic carbocycles. The molecule has 3 aliphatic heterocycles. The SMILES string of the molecule is O=C1CCCN1Cc1ccccc1N1CCC(=CC[C@@H](Cc2ccc(Cl)cc2)NS(=O)[C@H]2Cc3ccccc3CN2)CC1. The molecule has 2 fully saturated rings. The fourth-order valence-electron chi connectivity index (χ4n) is 6.48. The van der Waals surface area contributed by atoms with Crippen molar-refractivity contribution in [1.29, 1.82) is 0 Å². The lowest BCUT2D eigenvalue weighted by Crippen LogP contribution is -2.46. The topological polar surface area (TPSA) is 64.7 Å². The number of hydrogen-bond acceptors (Lipinski definition) is 4. The second kappa shape index (κ2) is 14.2. The Kier molecular flexibility index (Phi) is 9.94. The highest BCUT2D eigenvalue weighted by Gasteiger charge is 2.26. The first-order chi connectivity index (χ1) is 21.0. The molecular formula is C35H41ClN4O2S. The van der Waals surface area contributed by atoms with Crippen molar-refractivity contribution < 1.29 is 9.00 Å². The zero-order chi connectivity index (χ0) is 29.6. The number of likely N-dealkylation sites (tertiary alicyclic amines) is 1. The van der Waals surface area contributed by atoms with Crippen molar-refractivity contribution in [3.05, 3.63) is 112 Å². The number of nitrogens with one attached hydrogen (secondary N) is 2. The summed E-state index contributed by atoms with van der Waals surface area (Å²) in [7, 11) is -1.22. The summed E-state index contributed by atoms with van der Waals surface area (Å²) in [5.41, 5.74) is 7.69. The number of piperidine rings is 1. The van der Waals surface area contributed by atoms with Crippen molar-refractivity contribution in [3.8, 4) is 0 Å². The highest BCUT2D eigenvalue weighted by Crippen LogP contribution is 2.29. The molecule has 3 atom stereocenters. The van der Waals surface area contributed by atoms with Gasteiger partial charge in [0, 0.05) is 62.3 Å². The van der Waals surface area contributed by atoms with Crippen molar-refractivity contribution in [3.63, 3.8) is 0 Å². The van der Waals surface area contributed by atoms with E-state index in [2.05, 4.69) is 81.7 Å². The monoisotopic (exact) mass is 616 g/mol. The van der Waals surface area contributed by atoms with E-state index >= 15 is 0 Å². The van der Waals surface area contributed by atoms with E-state index in [0.717, 1.165) is 69.7 Å². The molecule has 3 aromatic carbocycles. The normalized spacial score (nSPS) is 20.2. The summed E-state index contributed by atoms with van der Waals surface area (Å²) in [6, 6.07) is 25.0. The molecule has 0 spiro atoms. The maximum Gasteiger partial charge on any atom is 0.222 e. The lowest BCUT2D eigenvalue weighted by Gasteiger charge is -2.33. The first-order valence-corrected chi connectivity index (χ1v) is 17.1. The Balaban J connectivity index is 1.09. The Morgan fingerprint density at radius 1 is 0.953 bits per heavy atom. The van der Waals surface area contributed by atoms with Gasteiger partial charge in [0.1, 0.15) is 16.4 Å². The van der Waals surface area contributed by atoms with Crippen LogP contribution in [0.1, 0.15) is 54.4 Å². The van der Waals surface area contributed by atoms with Gasteiger partial charge >= 0.3 is 0 Å². The average Bonchev–Trinajstić information content (AvgIpc) is 3.45. The average molecular weight is 617 g/mol. The van der Waals surface area contributed by atoms with E-state index in [1.807, 2.05) is 17.0 Å². The molecule has 0 bridgehead atoms. The summed E-state index contributed by atoms with van der Waals surface area (Å²) >= 11 is 6.15. The zero-order valence-electron chi connectivity index (χ0n) is 24.6. The fraction of sp³-hybridized carbons (Fsp3) is 0.400. The molecule has 3 aliphatic rings. The number of carbonyl (C=O) groups excluding carboxylic acids is 1. The van der Waals surface area contributed by atoms with Gasteiger partial charge in [0.15, 0.2) is 0 Å². The van der Waals surface area contributed by atoms with E-state index in [-0.39, 0.29) is 17.3 Å². The molecule has 3 heterocycles. The zero-order valence-corrected chi connectivity index (χ0v) is 26.2. The van der Waals surface area contributed by atoms with Crippen LogP contribution in [0.3, 0.4) is 0 Å². The Bertz CT molecular complexity index is 1470. The number of fused-ring (bicyclic) bond motifs is 1. The van der Waals surface area contributed by atoms with Crippen molar-refractivity contribution in [1.82, 2.24) is 14.9 Å². The first kappa shape index (κ1) is 30.1. The lowest BCUT2D eigenvalue weighted by atomic mass is 9.98. The van der Waals surface area contributed by atoms with Crippen LogP contribution in [0, 0.1) is 0 Å². The second-order valence-electron chi connectivity index (χ2n) is 11.9. The maximum absolute atomic E-state index is 13.6. The van der Waals surface area contributed by atoms with Crippen molar-refractivity contribution >= 4 is 34.2 Å². The number of carbonyl (C=O) groups is 1. The molecule has 1 amide bonds. The molecule has 0 aromatic heterocycles. The molecule has 226 valence electrons. The molecule has 3 aromatic rings. The standard InChI is InChI=1S/C35H41ClN4O2S/c36-31-14-11-27(12-15-31)22-32(38-43(42)34-23-28-6-1-2-7-29(28)24-37-34)16-13-26-17-20-39(21-18-26)33-9-4-3-8-30(33)25-40-19-5-10-35(40)41/h1-4,6-9,11-15,32,34,37-38H,5,10,16-25H2/t32-,34-,43?/m0/s1. The van der Waals surface area contributed by atoms with Gasteiger partial charge in [-0.1, -0.05) is 77.8 Å². The number of halogens is 1. The lowest BCUT2D eigenvalue weighted by molar-refractivity contribution is -0.128. The number of rotatable bonds is 10. The van der Waals surface area contributed by atoms with Crippen LogP contribution < -0.4 is 14.9 Å². The number of nitrogens with zero attached hydrogens (tertiary/aromatic N) is 2. The van der Waals surface area contributed by atoms with E-state index < -0.39 is 11.0 Å². The van der Waals surface area contributed by atoms with Gasteiger partial charge in [-0.2, -0.15) is 0 Å². The highest BCUT2D eigenvalue weighted by molar-refractivity contribution is 7.83. The van der Waals surface area contributed by atoms with Crippen LogP contribution in [0.15, 0.2) is 84.4 Å². The summed E-state index contributed by atoms with van der Waals surface area (Å²) in [5.74, 6) is 0.269. The number of benzene rings is 3. The predicted octanol–water partition coefficient (Wildman–Crippen LogP) is 5.92. The molecule has 2 saturated heterocycles. The highest BCUT2D eigenvalue weighted by atomic mass is 35.5. The van der Waals surface area contributed by atoms with Crippen LogP contribution in [0.25, 0.3) is 0 Å². The largest absolute Gasteiger partial charge is 0.371 e. The van der Waals surface area contributed by atoms with Crippen LogP contribution in [0.2, 0.25) is 5.02 Å². The van der Waals surface area contributed by atoms with E-state index in [1.165, 1.54) is 33.5 Å². The summed E-state index contributed by atoms with van der Waals surface area (Å²) in [5, 5.41) is 4.09. The molecule has 43 heavy (non-hydrogen) atoms. The minimum atomic E-state index is -1.22. The third-order valence-electron chi connectivity index (χ3n) is 8.94. The van der Waals surface area contributed by atoms with Gasteiger partial charge in [-0.05, 0) is 72.6 Å². The summed E-state index contributed by atoms with van der Waals surface area (Å²) < 4.78 is 17.0. The molecule has 8 heteroatoms. The Labute approximate surface area is 263 Å². The molecule has 0 radical (unpaired) electrons. The number of amides is 1. The molecule has 6 nitrogen and oxygen atoms in total. The summed E-state index contributed by atoms with van der Waals surface area (Å²) in [6.45, 7) is 4.23. The van der Waals surface area contributed by atoms with Gasteiger partial charge in [-0.15, -0.1) is 0 Å². The van der Waals surface area contributed by atoms with Crippen LogP contribution in [-0.2, 0) is 41.7 Å². The molecule has 2 N–H and O–H groups in total. The van der Waals surface area contributed by atoms with Gasteiger partial charge in [-0.25, -0.2) is 8.93 Å². The van der Waals surface area contributed by atoms with Gasteiger partial charge in [0.2, 0.25) is 5.91 Å². The number of hydrogen-bond donors (Lipinski definition) is 2. The smallest absolute Gasteiger partial charge is 0.222 e. The second-order valence-corrected chi connectivity index (χ2v) is 13.8. The third-order valence-corrected chi connectivity index (χ3v) is 10.6. The summed E-state index contributed by atoms with van der Waals surface area (Å²) in [6.07, 6.45) is 8.39. The summed E-state index contributed by atoms with van der Waals surface area (Å²) in [4.78, 5) is 16.7. The molecule has 6 rings (SSSR count).